The van der Waals surface area contributed by atoms with Gasteiger partial charge in [-0.2, -0.15) is 0 Å². The molecule has 0 fully saturated rings. The van der Waals surface area contributed by atoms with E-state index in [4.69, 9.17) is 0 Å². The van der Waals surface area contributed by atoms with Gasteiger partial charge in [0.2, 0.25) is 5.91 Å². The fourth-order valence-corrected chi connectivity index (χ4v) is 2.88. The first-order valence-corrected chi connectivity index (χ1v) is 8.47. The molecule has 1 amide bonds. The molecule has 0 aliphatic carbocycles. The highest BCUT2D eigenvalue weighted by molar-refractivity contribution is 7.99. The molecule has 1 N–H and O–H groups in total. The van der Waals surface area contributed by atoms with Crippen molar-refractivity contribution in [2.24, 2.45) is 7.05 Å². The van der Waals surface area contributed by atoms with Crippen LogP contribution in [0.25, 0.3) is 0 Å². The number of hydrogen-bond donors (Lipinski definition) is 1. The molecule has 24 heavy (non-hydrogen) atoms. The molecule has 3 rings (SSSR count). The smallest absolute Gasteiger partial charge is 0.236 e. The monoisotopic (exact) mass is 339 g/mol. The molecule has 2 heterocycles. The fourth-order valence-electron chi connectivity index (χ4n) is 2.15. The zero-order chi connectivity index (χ0) is 16.8. The average molecular weight is 339 g/mol. The Kier molecular flexibility index (Phi) is 5.22. The number of hydrogen-bond acceptors (Lipinski definition) is 5. The number of carbonyl (C=O) groups is 1. The Labute approximate surface area is 144 Å². The SMILES string of the molecule is Cn1c(Cc2ccccc2)nnc1SCC(=O)Nc1ccccn1. The number of rotatable bonds is 6. The van der Waals surface area contributed by atoms with Gasteiger partial charge in [0.25, 0.3) is 0 Å². The number of anilines is 1. The Morgan fingerprint density at radius 1 is 1.12 bits per heavy atom. The molecule has 0 aliphatic heterocycles. The van der Waals surface area contributed by atoms with E-state index in [2.05, 4.69) is 32.6 Å². The quantitative estimate of drug-likeness (QED) is 0.699. The predicted octanol–water partition coefficient (Wildman–Crippen LogP) is 2.53. The van der Waals surface area contributed by atoms with E-state index in [0.717, 1.165) is 11.0 Å². The number of carbonyl (C=O) groups excluding carboxylic acids is 1. The number of aromatic nitrogens is 4. The summed E-state index contributed by atoms with van der Waals surface area (Å²) in [5.74, 6) is 1.56. The molecular weight excluding hydrogens is 322 g/mol. The lowest BCUT2D eigenvalue weighted by molar-refractivity contribution is -0.113. The summed E-state index contributed by atoms with van der Waals surface area (Å²) >= 11 is 1.36. The maximum absolute atomic E-state index is 12.0. The van der Waals surface area contributed by atoms with Crippen LogP contribution in [-0.2, 0) is 18.3 Å². The largest absolute Gasteiger partial charge is 0.310 e. The molecule has 0 spiro atoms. The van der Waals surface area contributed by atoms with Gasteiger partial charge >= 0.3 is 0 Å². The minimum absolute atomic E-state index is 0.119. The normalized spacial score (nSPS) is 10.5. The minimum Gasteiger partial charge on any atom is -0.310 e. The molecule has 6 nitrogen and oxygen atoms in total. The van der Waals surface area contributed by atoms with Gasteiger partial charge in [-0.25, -0.2) is 4.98 Å². The second-order valence-corrected chi connectivity index (χ2v) is 6.11. The number of nitrogens with zero attached hydrogens (tertiary/aromatic N) is 4. The highest BCUT2D eigenvalue weighted by Crippen LogP contribution is 2.17. The molecule has 0 atom stereocenters. The van der Waals surface area contributed by atoms with Gasteiger partial charge < -0.3 is 9.88 Å². The number of benzene rings is 1. The van der Waals surface area contributed by atoms with Crippen molar-refractivity contribution in [3.63, 3.8) is 0 Å². The van der Waals surface area contributed by atoms with Crippen LogP contribution in [0.3, 0.4) is 0 Å². The van der Waals surface area contributed by atoms with E-state index in [-0.39, 0.29) is 11.7 Å². The zero-order valence-corrected chi connectivity index (χ0v) is 14.0. The average Bonchev–Trinajstić information content (AvgIpc) is 2.95. The first kappa shape index (κ1) is 16.2. The molecule has 1 aromatic carbocycles. The summed E-state index contributed by atoms with van der Waals surface area (Å²) < 4.78 is 1.92. The molecule has 0 unspecified atom stereocenters. The molecule has 2 aromatic heterocycles. The number of nitrogens with one attached hydrogen (secondary N) is 1. The summed E-state index contributed by atoms with van der Waals surface area (Å²) in [5.41, 5.74) is 1.18. The lowest BCUT2D eigenvalue weighted by Crippen LogP contribution is -2.15. The molecule has 122 valence electrons. The Morgan fingerprint density at radius 2 is 1.92 bits per heavy atom. The lowest BCUT2D eigenvalue weighted by atomic mass is 10.1. The molecule has 3 aromatic rings. The van der Waals surface area contributed by atoms with Gasteiger partial charge in [-0.3, -0.25) is 4.79 Å². The van der Waals surface area contributed by atoms with E-state index < -0.39 is 0 Å². The van der Waals surface area contributed by atoms with Crippen LogP contribution < -0.4 is 5.32 Å². The standard InChI is InChI=1S/C17H17N5OS/c1-22-15(11-13-7-3-2-4-8-13)20-21-17(22)24-12-16(23)19-14-9-5-6-10-18-14/h2-10H,11-12H2,1H3,(H,18,19,23). The van der Waals surface area contributed by atoms with Crippen molar-refractivity contribution in [1.29, 1.82) is 0 Å². The number of thioether (sulfide) groups is 1. The van der Waals surface area contributed by atoms with Crippen molar-refractivity contribution in [3.8, 4) is 0 Å². The van der Waals surface area contributed by atoms with Crippen LogP contribution in [0.1, 0.15) is 11.4 Å². The van der Waals surface area contributed by atoms with Crippen molar-refractivity contribution in [2.45, 2.75) is 11.6 Å². The van der Waals surface area contributed by atoms with E-state index in [1.54, 1.807) is 18.3 Å². The molecule has 0 aliphatic rings. The molecule has 0 bridgehead atoms. The highest BCUT2D eigenvalue weighted by atomic mass is 32.2. The van der Waals surface area contributed by atoms with Gasteiger partial charge in [-0.15, -0.1) is 10.2 Å². The first-order valence-electron chi connectivity index (χ1n) is 7.48. The van der Waals surface area contributed by atoms with E-state index in [1.165, 1.54) is 17.3 Å². The van der Waals surface area contributed by atoms with Crippen molar-refractivity contribution in [1.82, 2.24) is 19.7 Å². The summed E-state index contributed by atoms with van der Waals surface area (Å²) in [6.07, 6.45) is 2.35. The van der Waals surface area contributed by atoms with Gasteiger partial charge in [-0.1, -0.05) is 48.2 Å². The van der Waals surface area contributed by atoms with Gasteiger partial charge in [0.05, 0.1) is 5.75 Å². The van der Waals surface area contributed by atoms with Gasteiger partial charge in [0.1, 0.15) is 11.6 Å². The maximum atomic E-state index is 12.0. The molecule has 0 saturated carbocycles. The van der Waals surface area contributed by atoms with Crippen LogP contribution in [0.4, 0.5) is 5.82 Å². The third-order valence-electron chi connectivity index (χ3n) is 3.39. The minimum atomic E-state index is -0.119. The summed E-state index contributed by atoms with van der Waals surface area (Å²) in [6.45, 7) is 0. The van der Waals surface area contributed by atoms with Crippen LogP contribution in [0, 0.1) is 0 Å². The third kappa shape index (κ3) is 4.20. The Balaban J connectivity index is 1.57. The van der Waals surface area contributed by atoms with Crippen molar-refractivity contribution in [2.75, 3.05) is 11.1 Å². The van der Waals surface area contributed by atoms with Crippen LogP contribution in [0.15, 0.2) is 59.9 Å². The Morgan fingerprint density at radius 3 is 2.67 bits per heavy atom. The van der Waals surface area contributed by atoms with E-state index in [1.807, 2.05) is 35.9 Å². The van der Waals surface area contributed by atoms with Crippen LogP contribution >= 0.6 is 11.8 Å². The fraction of sp³-hybridized carbons (Fsp3) is 0.176. The lowest BCUT2D eigenvalue weighted by Gasteiger charge is -2.05. The summed E-state index contributed by atoms with van der Waals surface area (Å²) in [4.78, 5) is 16.0. The van der Waals surface area contributed by atoms with Gasteiger partial charge in [0.15, 0.2) is 5.16 Å². The molecule has 7 heteroatoms. The maximum Gasteiger partial charge on any atom is 0.236 e. The second kappa shape index (κ2) is 7.74. The number of amides is 1. The van der Waals surface area contributed by atoms with Crippen molar-refractivity contribution < 1.29 is 4.79 Å². The third-order valence-corrected chi connectivity index (χ3v) is 4.42. The van der Waals surface area contributed by atoms with E-state index >= 15 is 0 Å². The van der Waals surface area contributed by atoms with Crippen LogP contribution in [0.2, 0.25) is 0 Å². The van der Waals surface area contributed by atoms with E-state index in [0.29, 0.717) is 12.2 Å². The second-order valence-electron chi connectivity index (χ2n) is 5.17. The Hall–Kier alpha value is -2.67. The zero-order valence-electron chi connectivity index (χ0n) is 13.2. The Bertz CT molecular complexity index is 804. The number of pyridine rings is 1. The molecule has 0 saturated heterocycles. The summed E-state index contributed by atoms with van der Waals surface area (Å²) in [7, 11) is 1.91. The van der Waals surface area contributed by atoms with E-state index in [9.17, 15) is 4.79 Å². The van der Waals surface area contributed by atoms with Crippen molar-refractivity contribution >= 4 is 23.5 Å². The predicted molar refractivity (Wildman–Crippen MR) is 93.8 cm³/mol. The topological polar surface area (TPSA) is 72.7 Å². The van der Waals surface area contributed by atoms with Crippen molar-refractivity contribution in [3.05, 3.63) is 66.1 Å². The van der Waals surface area contributed by atoms with Crippen LogP contribution in [-0.4, -0.2) is 31.4 Å². The van der Waals surface area contributed by atoms with Crippen LogP contribution in [0.5, 0.6) is 0 Å². The summed E-state index contributed by atoms with van der Waals surface area (Å²) in [5, 5.41) is 11.9. The van der Waals surface area contributed by atoms with Gasteiger partial charge in [0, 0.05) is 19.7 Å². The first-order chi connectivity index (χ1) is 11.7. The molecular formula is C17H17N5OS. The summed E-state index contributed by atoms with van der Waals surface area (Å²) in [6, 6.07) is 15.5. The molecule has 0 radical (unpaired) electrons. The van der Waals surface area contributed by atoms with Gasteiger partial charge in [-0.05, 0) is 17.7 Å². The highest BCUT2D eigenvalue weighted by Gasteiger charge is 2.12.